The summed E-state index contributed by atoms with van der Waals surface area (Å²) in [4.78, 5) is 16.5. The van der Waals surface area contributed by atoms with E-state index in [9.17, 15) is 4.79 Å². The van der Waals surface area contributed by atoms with E-state index in [4.69, 9.17) is 11.6 Å². The van der Waals surface area contributed by atoms with Crippen molar-refractivity contribution in [1.29, 1.82) is 0 Å². The number of rotatable bonds is 1. The number of halogens is 1. The number of hydrogen-bond acceptors (Lipinski definition) is 2. The van der Waals surface area contributed by atoms with Crippen LogP contribution in [0.4, 0.5) is 11.4 Å². The quantitative estimate of drug-likeness (QED) is 0.841. The lowest BCUT2D eigenvalue weighted by molar-refractivity contribution is -0.115. The summed E-state index contributed by atoms with van der Waals surface area (Å²) >= 11 is 6.17. The Morgan fingerprint density at radius 3 is 2.63 bits per heavy atom. The smallest absolute Gasteiger partial charge is 0.230 e. The lowest BCUT2D eigenvalue weighted by Gasteiger charge is -2.05. The lowest BCUT2D eigenvalue weighted by atomic mass is 10.1. The molecule has 1 aliphatic heterocycles. The van der Waals surface area contributed by atoms with Gasteiger partial charge in [0.15, 0.2) is 0 Å². The number of aliphatic imine (C=N–C) groups is 1. The van der Waals surface area contributed by atoms with Crippen LogP contribution in [0.3, 0.4) is 0 Å². The summed E-state index contributed by atoms with van der Waals surface area (Å²) in [5.74, 6) is -0.0800. The van der Waals surface area contributed by atoms with Crippen LogP contribution in [-0.2, 0) is 4.79 Å². The number of hydrogen-bond donors (Lipinski definition) is 1. The van der Waals surface area contributed by atoms with Gasteiger partial charge in [0, 0.05) is 10.6 Å². The molecule has 0 atom stereocenters. The summed E-state index contributed by atoms with van der Waals surface area (Å²) in [6.45, 7) is 0. The minimum absolute atomic E-state index is 0.0800. The maximum absolute atomic E-state index is 11.9. The monoisotopic (exact) mass is 270 g/mol. The number of amides is 1. The zero-order valence-electron chi connectivity index (χ0n) is 10.1. The molecule has 3 nitrogen and oxygen atoms in total. The highest BCUT2D eigenvalue weighted by atomic mass is 35.5. The molecule has 0 aromatic heterocycles. The van der Waals surface area contributed by atoms with Crippen molar-refractivity contribution in [2.75, 3.05) is 5.32 Å². The fourth-order valence-electron chi connectivity index (χ4n) is 2.06. The molecule has 0 unspecified atom stereocenters. The third-order valence-corrected chi connectivity index (χ3v) is 3.28. The summed E-state index contributed by atoms with van der Waals surface area (Å²) < 4.78 is 0. The van der Waals surface area contributed by atoms with E-state index in [1.807, 2.05) is 42.5 Å². The lowest BCUT2D eigenvalue weighted by Crippen LogP contribution is -2.15. The normalized spacial score (nSPS) is 14.2. The van der Waals surface area contributed by atoms with E-state index >= 15 is 0 Å². The van der Waals surface area contributed by atoms with Gasteiger partial charge in [0.2, 0.25) is 5.91 Å². The summed E-state index contributed by atoms with van der Waals surface area (Å²) in [6, 6.07) is 14.9. The average molecular weight is 271 g/mol. The van der Waals surface area contributed by atoms with Crippen LogP contribution in [-0.4, -0.2) is 11.6 Å². The Morgan fingerprint density at radius 2 is 1.79 bits per heavy atom. The number of carbonyl (C=O) groups is 1. The van der Waals surface area contributed by atoms with Crippen LogP contribution in [0.2, 0.25) is 5.02 Å². The maximum Gasteiger partial charge on any atom is 0.230 e. The number of nitrogens with one attached hydrogen (secondary N) is 1. The number of para-hydroxylation sites is 2. The van der Waals surface area contributed by atoms with Crippen LogP contribution >= 0.6 is 11.6 Å². The number of anilines is 1. The molecule has 0 fully saturated rings. The van der Waals surface area contributed by atoms with Gasteiger partial charge in [0.05, 0.1) is 23.5 Å². The third-order valence-electron chi connectivity index (χ3n) is 2.95. The molecule has 3 rings (SSSR count). The molecule has 0 spiro atoms. The molecule has 19 heavy (non-hydrogen) atoms. The van der Waals surface area contributed by atoms with E-state index in [-0.39, 0.29) is 12.3 Å². The molecule has 1 N–H and O–H groups in total. The Balaban J connectivity index is 2.14. The van der Waals surface area contributed by atoms with E-state index < -0.39 is 0 Å². The molecule has 2 aromatic carbocycles. The van der Waals surface area contributed by atoms with Crippen molar-refractivity contribution in [1.82, 2.24) is 0 Å². The summed E-state index contributed by atoms with van der Waals surface area (Å²) in [5, 5.41) is 3.45. The Labute approximate surface area is 115 Å². The second-order valence-electron chi connectivity index (χ2n) is 4.28. The Kier molecular flexibility index (Phi) is 3.05. The molecule has 2 aromatic rings. The largest absolute Gasteiger partial charge is 0.324 e. The number of nitrogens with zero attached hydrogens (tertiary/aromatic N) is 1. The zero-order valence-corrected chi connectivity index (χ0v) is 10.8. The number of fused-ring (bicyclic) bond motifs is 1. The van der Waals surface area contributed by atoms with Crippen LogP contribution in [0.15, 0.2) is 53.5 Å². The molecule has 1 heterocycles. The van der Waals surface area contributed by atoms with E-state index in [2.05, 4.69) is 10.3 Å². The van der Waals surface area contributed by atoms with Gasteiger partial charge in [-0.15, -0.1) is 0 Å². The van der Waals surface area contributed by atoms with E-state index in [0.717, 1.165) is 16.9 Å². The van der Waals surface area contributed by atoms with Crippen LogP contribution in [0.5, 0.6) is 0 Å². The van der Waals surface area contributed by atoms with E-state index in [0.29, 0.717) is 10.7 Å². The molecule has 94 valence electrons. The Bertz CT molecular complexity index is 679. The first-order valence-electron chi connectivity index (χ1n) is 5.95. The van der Waals surface area contributed by atoms with Crippen molar-refractivity contribution < 1.29 is 4.79 Å². The molecular weight excluding hydrogens is 260 g/mol. The molecule has 0 saturated heterocycles. The van der Waals surface area contributed by atoms with Gasteiger partial charge in [-0.3, -0.25) is 9.79 Å². The SMILES string of the molecule is O=C1CC(c2ccccc2Cl)=Nc2ccccc2N1. The molecule has 0 aliphatic carbocycles. The summed E-state index contributed by atoms with van der Waals surface area (Å²) in [7, 11) is 0. The predicted molar refractivity (Wildman–Crippen MR) is 77.3 cm³/mol. The molecule has 0 saturated carbocycles. The predicted octanol–water partition coefficient (Wildman–Crippen LogP) is 3.80. The van der Waals surface area contributed by atoms with Crippen LogP contribution < -0.4 is 5.32 Å². The van der Waals surface area contributed by atoms with Crippen molar-refractivity contribution in [2.24, 2.45) is 4.99 Å². The Morgan fingerprint density at radius 1 is 1.05 bits per heavy atom. The molecule has 0 radical (unpaired) electrons. The minimum atomic E-state index is -0.0800. The highest BCUT2D eigenvalue weighted by Gasteiger charge is 2.18. The molecule has 0 bridgehead atoms. The van der Waals surface area contributed by atoms with Crippen LogP contribution in [0.1, 0.15) is 12.0 Å². The van der Waals surface area contributed by atoms with Crippen molar-refractivity contribution in [3.63, 3.8) is 0 Å². The van der Waals surface area contributed by atoms with Gasteiger partial charge in [-0.05, 0) is 18.2 Å². The number of benzene rings is 2. The average Bonchev–Trinajstić information content (AvgIpc) is 2.57. The van der Waals surface area contributed by atoms with Crippen LogP contribution in [0, 0.1) is 0 Å². The van der Waals surface area contributed by atoms with Gasteiger partial charge in [0.1, 0.15) is 0 Å². The van der Waals surface area contributed by atoms with Crippen molar-refractivity contribution in [3.05, 3.63) is 59.1 Å². The first-order chi connectivity index (χ1) is 9.24. The minimum Gasteiger partial charge on any atom is -0.324 e. The fourth-order valence-corrected chi connectivity index (χ4v) is 2.30. The topological polar surface area (TPSA) is 41.5 Å². The first kappa shape index (κ1) is 11.9. The molecule has 4 heteroatoms. The fraction of sp³-hybridized carbons (Fsp3) is 0.0667. The molecule has 1 amide bonds. The van der Waals surface area contributed by atoms with Gasteiger partial charge in [-0.1, -0.05) is 41.9 Å². The van der Waals surface area contributed by atoms with Crippen molar-refractivity contribution in [3.8, 4) is 0 Å². The van der Waals surface area contributed by atoms with Gasteiger partial charge in [0.25, 0.3) is 0 Å². The van der Waals surface area contributed by atoms with Gasteiger partial charge in [-0.25, -0.2) is 0 Å². The van der Waals surface area contributed by atoms with Crippen molar-refractivity contribution >= 4 is 34.6 Å². The molecular formula is C15H11ClN2O. The summed E-state index contributed by atoms with van der Waals surface area (Å²) in [6.07, 6.45) is 0.221. The van der Waals surface area contributed by atoms with Crippen LogP contribution in [0.25, 0.3) is 0 Å². The van der Waals surface area contributed by atoms with Gasteiger partial charge >= 0.3 is 0 Å². The zero-order chi connectivity index (χ0) is 13.2. The van der Waals surface area contributed by atoms with Crippen molar-refractivity contribution in [2.45, 2.75) is 6.42 Å². The van der Waals surface area contributed by atoms with Gasteiger partial charge < -0.3 is 5.32 Å². The molecule has 1 aliphatic rings. The standard InChI is InChI=1S/C15H11ClN2O/c16-11-6-2-1-5-10(11)14-9-15(19)18-13-8-4-3-7-12(13)17-14/h1-8H,9H2,(H,18,19). The second-order valence-corrected chi connectivity index (χ2v) is 4.69. The highest BCUT2D eigenvalue weighted by Crippen LogP contribution is 2.29. The number of carbonyl (C=O) groups excluding carboxylic acids is 1. The van der Waals surface area contributed by atoms with E-state index in [1.54, 1.807) is 6.07 Å². The maximum atomic E-state index is 11.9. The second kappa shape index (κ2) is 4.86. The third kappa shape index (κ3) is 2.37. The highest BCUT2D eigenvalue weighted by molar-refractivity contribution is 6.35. The Hall–Kier alpha value is -2.13. The van der Waals surface area contributed by atoms with Gasteiger partial charge in [-0.2, -0.15) is 0 Å². The summed E-state index contributed by atoms with van der Waals surface area (Å²) in [5.41, 5.74) is 2.97. The van der Waals surface area contributed by atoms with E-state index in [1.165, 1.54) is 0 Å². The first-order valence-corrected chi connectivity index (χ1v) is 6.33.